The Hall–Kier alpha value is -3.34. The van der Waals surface area contributed by atoms with Crippen LogP contribution in [-0.2, 0) is 0 Å². The summed E-state index contributed by atoms with van der Waals surface area (Å²) < 4.78 is 5.14. The lowest BCUT2D eigenvalue weighted by molar-refractivity contribution is 0.0198. The molecule has 0 radical (unpaired) electrons. The van der Waals surface area contributed by atoms with E-state index in [4.69, 9.17) is 4.42 Å². The summed E-state index contributed by atoms with van der Waals surface area (Å²) in [6.07, 6.45) is 1.45. The molecule has 0 aliphatic carbocycles. The van der Waals surface area contributed by atoms with E-state index in [-0.39, 0.29) is 23.6 Å². The Kier molecular flexibility index (Phi) is 4.74. The van der Waals surface area contributed by atoms with Crippen LogP contribution in [0.2, 0.25) is 0 Å². The number of hydrogen-bond acceptors (Lipinski definition) is 3. The zero-order chi connectivity index (χ0) is 19.7. The van der Waals surface area contributed by atoms with Gasteiger partial charge in [0.15, 0.2) is 5.76 Å². The number of carbonyl (C=O) groups is 2. The van der Waals surface area contributed by atoms with Crippen molar-refractivity contribution in [2.45, 2.75) is 19.9 Å². The van der Waals surface area contributed by atoms with Gasteiger partial charge in [-0.3, -0.25) is 9.59 Å². The van der Waals surface area contributed by atoms with Crippen LogP contribution in [0.5, 0.6) is 0 Å². The Balaban J connectivity index is 1.56. The predicted octanol–water partition coefficient (Wildman–Crippen LogP) is 4.67. The quantitative estimate of drug-likeness (QED) is 0.722. The van der Waals surface area contributed by atoms with Crippen LogP contribution in [0.1, 0.15) is 45.0 Å². The van der Waals surface area contributed by atoms with E-state index in [1.165, 1.54) is 6.26 Å². The van der Waals surface area contributed by atoms with Crippen molar-refractivity contribution in [3.63, 3.8) is 0 Å². The number of amides is 2. The second kappa shape index (κ2) is 7.35. The minimum absolute atomic E-state index is 0.0274. The normalized spacial score (nSPS) is 18.4. The van der Waals surface area contributed by atoms with Gasteiger partial charge in [0, 0.05) is 17.8 Å². The topological polar surface area (TPSA) is 62.6 Å². The molecular formula is C23H22N2O3. The Labute approximate surface area is 164 Å². The van der Waals surface area contributed by atoms with Crippen LogP contribution in [0, 0.1) is 12.8 Å². The number of aryl methyl sites for hydroxylation is 1. The van der Waals surface area contributed by atoms with Crippen molar-refractivity contribution < 1.29 is 14.0 Å². The van der Waals surface area contributed by atoms with E-state index in [0.717, 1.165) is 17.7 Å². The molecule has 28 heavy (non-hydrogen) atoms. The molecule has 0 spiro atoms. The van der Waals surface area contributed by atoms with E-state index < -0.39 is 0 Å². The third-order valence-electron chi connectivity index (χ3n) is 5.24. The van der Waals surface area contributed by atoms with E-state index in [2.05, 4.69) is 24.4 Å². The molecule has 142 valence electrons. The molecule has 1 aliphatic heterocycles. The van der Waals surface area contributed by atoms with Crippen molar-refractivity contribution >= 4 is 17.5 Å². The zero-order valence-electron chi connectivity index (χ0n) is 15.9. The van der Waals surface area contributed by atoms with Gasteiger partial charge in [-0.1, -0.05) is 43.3 Å². The molecule has 0 bridgehead atoms. The number of nitrogens with one attached hydrogen (secondary N) is 1. The summed E-state index contributed by atoms with van der Waals surface area (Å²) in [5.74, 6) is 0.282. The average molecular weight is 374 g/mol. The highest BCUT2D eigenvalue weighted by molar-refractivity contribution is 6.04. The van der Waals surface area contributed by atoms with Crippen LogP contribution in [0.25, 0.3) is 0 Å². The molecule has 0 saturated carbocycles. The predicted molar refractivity (Wildman–Crippen MR) is 107 cm³/mol. The molecule has 2 unspecified atom stereocenters. The molecule has 1 saturated heterocycles. The highest BCUT2D eigenvalue weighted by Crippen LogP contribution is 2.39. The van der Waals surface area contributed by atoms with E-state index in [9.17, 15) is 9.59 Å². The molecule has 4 rings (SSSR count). The second-order valence-corrected chi connectivity index (χ2v) is 7.25. The summed E-state index contributed by atoms with van der Waals surface area (Å²) in [6.45, 7) is 4.77. The fourth-order valence-electron chi connectivity index (χ4n) is 3.71. The molecule has 1 aromatic heterocycles. The number of rotatable bonds is 4. The third-order valence-corrected chi connectivity index (χ3v) is 5.24. The number of anilines is 1. The third kappa shape index (κ3) is 3.31. The van der Waals surface area contributed by atoms with Crippen molar-refractivity contribution in [2.75, 3.05) is 11.9 Å². The molecule has 2 heterocycles. The maximum atomic E-state index is 13.1. The van der Waals surface area contributed by atoms with E-state index in [0.29, 0.717) is 17.2 Å². The minimum atomic E-state index is -0.336. The SMILES string of the molecule is Cc1ccc(C(=O)N2CC(C)C2c2ccccc2)cc1NC(=O)c1ccco1. The number of benzene rings is 2. The summed E-state index contributed by atoms with van der Waals surface area (Å²) in [7, 11) is 0. The molecule has 2 atom stereocenters. The van der Waals surface area contributed by atoms with Gasteiger partial charge < -0.3 is 14.6 Å². The van der Waals surface area contributed by atoms with Gasteiger partial charge in [0.1, 0.15) is 0 Å². The number of furan rings is 1. The monoisotopic (exact) mass is 374 g/mol. The molecule has 2 aromatic carbocycles. The van der Waals surface area contributed by atoms with Crippen LogP contribution in [0.4, 0.5) is 5.69 Å². The van der Waals surface area contributed by atoms with E-state index >= 15 is 0 Å². The minimum Gasteiger partial charge on any atom is -0.459 e. The first-order valence-corrected chi connectivity index (χ1v) is 9.36. The number of hydrogen-bond donors (Lipinski definition) is 1. The number of nitrogens with zero attached hydrogens (tertiary/aromatic N) is 1. The van der Waals surface area contributed by atoms with Gasteiger partial charge in [-0.25, -0.2) is 0 Å². The Morgan fingerprint density at radius 2 is 1.86 bits per heavy atom. The van der Waals surface area contributed by atoms with Gasteiger partial charge in [0.2, 0.25) is 0 Å². The lowest BCUT2D eigenvalue weighted by Crippen LogP contribution is -2.51. The number of carbonyl (C=O) groups excluding carboxylic acids is 2. The lowest BCUT2D eigenvalue weighted by Gasteiger charge is -2.47. The van der Waals surface area contributed by atoms with Crippen molar-refractivity contribution in [2.24, 2.45) is 5.92 Å². The van der Waals surface area contributed by atoms with E-state index in [1.807, 2.05) is 42.2 Å². The molecule has 1 fully saturated rings. The highest BCUT2D eigenvalue weighted by Gasteiger charge is 2.40. The summed E-state index contributed by atoms with van der Waals surface area (Å²) in [5.41, 5.74) is 3.20. The van der Waals surface area contributed by atoms with Gasteiger partial charge in [0.05, 0.1) is 12.3 Å². The van der Waals surface area contributed by atoms with Gasteiger partial charge in [-0.15, -0.1) is 0 Å². The van der Waals surface area contributed by atoms with Crippen molar-refractivity contribution in [3.05, 3.63) is 89.4 Å². The van der Waals surface area contributed by atoms with Crippen molar-refractivity contribution in [1.82, 2.24) is 4.90 Å². The van der Waals surface area contributed by atoms with Gasteiger partial charge >= 0.3 is 0 Å². The smallest absolute Gasteiger partial charge is 0.291 e. The summed E-state index contributed by atoms with van der Waals surface area (Å²) in [4.78, 5) is 27.3. The average Bonchev–Trinajstić information content (AvgIpc) is 3.23. The molecule has 2 amide bonds. The molecule has 1 aliphatic rings. The van der Waals surface area contributed by atoms with Gasteiger partial charge in [-0.05, 0) is 48.2 Å². The van der Waals surface area contributed by atoms with E-state index in [1.54, 1.807) is 18.2 Å². The summed E-state index contributed by atoms with van der Waals surface area (Å²) in [6, 6.07) is 18.8. The van der Waals surface area contributed by atoms with Crippen LogP contribution in [0.3, 0.4) is 0 Å². The Bertz CT molecular complexity index is 996. The standard InChI is InChI=1S/C23H22N2O3/c1-15-10-11-18(13-19(15)24-22(26)20-9-6-12-28-20)23(27)25-14-16(2)21(25)17-7-4-3-5-8-17/h3-13,16,21H,14H2,1-2H3,(H,24,26). The molecule has 1 N–H and O–H groups in total. The maximum absolute atomic E-state index is 13.1. The summed E-state index contributed by atoms with van der Waals surface area (Å²) in [5, 5.41) is 2.83. The van der Waals surface area contributed by atoms with Crippen LogP contribution in [-0.4, -0.2) is 23.3 Å². The Morgan fingerprint density at radius 3 is 2.54 bits per heavy atom. The lowest BCUT2D eigenvalue weighted by atomic mass is 9.84. The fourth-order valence-corrected chi connectivity index (χ4v) is 3.71. The second-order valence-electron chi connectivity index (χ2n) is 7.25. The van der Waals surface area contributed by atoms with Gasteiger partial charge in [0.25, 0.3) is 11.8 Å². The van der Waals surface area contributed by atoms with Gasteiger partial charge in [-0.2, -0.15) is 0 Å². The van der Waals surface area contributed by atoms with Crippen LogP contribution < -0.4 is 5.32 Å². The first kappa shape index (κ1) is 18.0. The first-order valence-electron chi connectivity index (χ1n) is 9.36. The fraction of sp³-hybridized carbons (Fsp3) is 0.217. The highest BCUT2D eigenvalue weighted by atomic mass is 16.3. The molecular weight excluding hydrogens is 352 g/mol. The Morgan fingerprint density at radius 1 is 1.07 bits per heavy atom. The molecule has 3 aromatic rings. The maximum Gasteiger partial charge on any atom is 0.291 e. The molecule has 5 heteroatoms. The first-order chi connectivity index (χ1) is 13.5. The van der Waals surface area contributed by atoms with Crippen molar-refractivity contribution in [3.8, 4) is 0 Å². The summed E-state index contributed by atoms with van der Waals surface area (Å²) >= 11 is 0. The zero-order valence-corrected chi connectivity index (χ0v) is 15.9. The largest absolute Gasteiger partial charge is 0.459 e. The van der Waals surface area contributed by atoms with Crippen LogP contribution >= 0.6 is 0 Å². The number of likely N-dealkylation sites (tertiary alicyclic amines) is 1. The molecule has 5 nitrogen and oxygen atoms in total. The van der Waals surface area contributed by atoms with Crippen molar-refractivity contribution in [1.29, 1.82) is 0 Å². The van der Waals surface area contributed by atoms with Crippen LogP contribution in [0.15, 0.2) is 71.3 Å².